The van der Waals surface area contributed by atoms with E-state index in [1.165, 1.54) is 18.2 Å². The van der Waals surface area contributed by atoms with Gasteiger partial charge in [0.1, 0.15) is 4.21 Å². The minimum absolute atomic E-state index is 0.0995. The average molecular weight is 315 g/mol. The lowest BCUT2D eigenvalue weighted by Crippen LogP contribution is -2.11. The standard InChI is InChI=1S/C13H14FNO3S2/c1-3-18-12-6-5-10(8-11(12)14)15-20(16,17)13-7-4-9(2)19-13/h4-8,15H,3H2,1-2H3. The summed E-state index contributed by atoms with van der Waals surface area (Å²) in [5.41, 5.74) is 0.164. The summed E-state index contributed by atoms with van der Waals surface area (Å²) < 4.78 is 45.4. The Labute approximate surface area is 121 Å². The van der Waals surface area contributed by atoms with Crippen molar-refractivity contribution in [3.8, 4) is 5.75 Å². The smallest absolute Gasteiger partial charge is 0.271 e. The van der Waals surface area contributed by atoms with E-state index in [1.54, 1.807) is 13.0 Å². The number of benzene rings is 1. The van der Waals surface area contributed by atoms with Crippen LogP contribution in [0.25, 0.3) is 0 Å². The molecule has 0 aliphatic carbocycles. The minimum Gasteiger partial charge on any atom is -0.491 e. The molecule has 0 aliphatic rings. The van der Waals surface area contributed by atoms with Gasteiger partial charge in [0.25, 0.3) is 10.0 Å². The number of sulfonamides is 1. The maximum absolute atomic E-state index is 13.7. The summed E-state index contributed by atoms with van der Waals surface area (Å²) in [6.45, 7) is 3.91. The number of hydrogen-bond donors (Lipinski definition) is 1. The zero-order chi connectivity index (χ0) is 14.8. The lowest BCUT2D eigenvalue weighted by atomic mass is 10.3. The Morgan fingerprint density at radius 1 is 1.30 bits per heavy atom. The van der Waals surface area contributed by atoms with Crippen LogP contribution in [0.4, 0.5) is 10.1 Å². The van der Waals surface area contributed by atoms with E-state index in [9.17, 15) is 12.8 Å². The second-order valence-electron chi connectivity index (χ2n) is 4.05. The molecule has 2 aromatic rings. The third-order valence-electron chi connectivity index (χ3n) is 2.46. The van der Waals surface area contributed by atoms with Crippen LogP contribution in [0.3, 0.4) is 0 Å². The Morgan fingerprint density at radius 2 is 2.05 bits per heavy atom. The second-order valence-corrected chi connectivity index (χ2v) is 7.25. The van der Waals surface area contributed by atoms with Crippen LogP contribution in [-0.4, -0.2) is 15.0 Å². The quantitative estimate of drug-likeness (QED) is 0.920. The molecule has 0 radical (unpaired) electrons. The van der Waals surface area contributed by atoms with Crippen molar-refractivity contribution in [2.75, 3.05) is 11.3 Å². The van der Waals surface area contributed by atoms with Gasteiger partial charge in [-0.2, -0.15) is 0 Å². The summed E-state index contributed by atoms with van der Waals surface area (Å²) in [6.07, 6.45) is 0. The predicted molar refractivity (Wildman–Crippen MR) is 77.4 cm³/mol. The largest absolute Gasteiger partial charge is 0.491 e. The summed E-state index contributed by atoms with van der Waals surface area (Å²) in [5, 5.41) is 0. The molecule has 7 heteroatoms. The van der Waals surface area contributed by atoms with Crippen molar-refractivity contribution in [3.63, 3.8) is 0 Å². The molecule has 1 N–H and O–H groups in total. The fraction of sp³-hybridized carbons (Fsp3) is 0.231. The minimum atomic E-state index is -3.67. The van der Waals surface area contributed by atoms with E-state index in [0.29, 0.717) is 6.61 Å². The normalized spacial score (nSPS) is 11.3. The number of anilines is 1. The molecule has 0 fully saturated rings. The van der Waals surface area contributed by atoms with Gasteiger partial charge in [-0.1, -0.05) is 0 Å². The SMILES string of the molecule is CCOc1ccc(NS(=O)(=O)c2ccc(C)s2)cc1F. The average Bonchev–Trinajstić information content (AvgIpc) is 2.80. The topological polar surface area (TPSA) is 55.4 Å². The first-order chi connectivity index (χ1) is 9.42. The zero-order valence-electron chi connectivity index (χ0n) is 11.0. The summed E-state index contributed by atoms with van der Waals surface area (Å²) in [6, 6.07) is 7.21. The van der Waals surface area contributed by atoms with Gasteiger partial charge >= 0.3 is 0 Å². The Morgan fingerprint density at radius 3 is 2.60 bits per heavy atom. The Balaban J connectivity index is 2.24. The van der Waals surface area contributed by atoms with Gasteiger partial charge in [-0.3, -0.25) is 4.72 Å². The third kappa shape index (κ3) is 3.29. The molecule has 0 atom stereocenters. The van der Waals surface area contributed by atoms with Gasteiger partial charge in [0.05, 0.1) is 12.3 Å². The molecule has 20 heavy (non-hydrogen) atoms. The van der Waals surface area contributed by atoms with E-state index in [1.807, 2.05) is 6.92 Å². The van der Waals surface area contributed by atoms with Crippen LogP contribution >= 0.6 is 11.3 Å². The van der Waals surface area contributed by atoms with Gasteiger partial charge in [-0.25, -0.2) is 12.8 Å². The van der Waals surface area contributed by atoms with Crippen LogP contribution in [0.5, 0.6) is 5.75 Å². The molecule has 0 unspecified atom stereocenters. The molecule has 0 amide bonds. The molecule has 1 heterocycles. The molecule has 108 valence electrons. The number of hydrogen-bond acceptors (Lipinski definition) is 4. The Bertz CT molecular complexity index is 710. The highest BCUT2D eigenvalue weighted by Gasteiger charge is 2.17. The fourth-order valence-corrected chi connectivity index (χ4v) is 3.93. The predicted octanol–water partition coefficient (Wildman–Crippen LogP) is 3.40. The van der Waals surface area contributed by atoms with Crippen molar-refractivity contribution >= 4 is 27.0 Å². The van der Waals surface area contributed by atoms with Crippen LogP contribution in [0, 0.1) is 12.7 Å². The zero-order valence-corrected chi connectivity index (χ0v) is 12.6. The molecule has 0 saturated carbocycles. The van der Waals surface area contributed by atoms with Gasteiger partial charge < -0.3 is 4.74 Å². The van der Waals surface area contributed by atoms with Gasteiger partial charge in [-0.15, -0.1) is 11.3 Å². The lowest BCUT2D eigenvalue weighted by Gasteiger charge is -2.09. The first-order valence-electron chi connectivity index (χ1n) is 5.94. The molecule has 1 aromatic heterocycles. The fourth-order valence-electron chi connectivity index (χ4n) is 1.60. The van der Waals surface area contributed by atoms with Gasteiger partial charge in [-0.05, 0) is 38.1 Å². The number of halogens is 1. The van der Waals surface area contributed by atoms with Crippen molar-refractivity contribution < 1.29 is 17.5 Å². The van der Waals surface area contributed by atoms with Crippen molar-refractivity contribution in [1.29, 1.82) is 0 Å². The summed E-state index contributed by atoms with van der Waals surface area (Å²) in [4.78, 5) is 0.892. The molecule has 0 bridgehead atoms. The molecular formula is C13H14FNO3S2. The van der Waals surface area contributed by atoms with E-state index < -0.39 is 15.8 Å². The highest BCUT2D eigenvalue weighted by Crippen LogP contribution is 2.26. The second kappa shape index (κ2) is 5.80. The van der Waals surface area contributed by atoms with Crippen molar-refractivity contribution in [2.24, 2.45) is 0 Å². The molecule has 0 saturated heterocycles. The molecule has 2 rings (SSSR count). The maximum Gasteiger partial charge on any atom is 0.271 e. The van der Waals surface area contributed by atoms with Crippen molar-refractivity contribution in [2.45, 2.75) is 18.1 Å². The summed E-state index contributed by atoms with van der Waals surface area (Å²) >= 11 is 1.16. The Hall–Kier alpha value is -1.60. The van der Waals surface area contributed by atoms with Gasteiger partial charge in [0.2, 0.25) is 0 Å². The number of nitrogens with one attached hydrogen (secondary N) is 1. The van der Waals surface area contributed by atoms with Crippen LogP contribution in [0.15, 0.2) is 34.5 Å². The van der Waals surface area contributed by atoms with E-state index in [0.717, 1.165) is 22.3 Å². The highest BCUT2D eigenvalue weighted by atomic mass is 32.2. The summed E-state index contributed by atoms with van der Waals surface area (Å²) in [7, 11) is -3.67. The molecule has 4 nitrogen and oxygen atoms in total. The maximum atomic E-state index is 13.7. The molecule has 0 aliphatic heterocycles. The third-order valence-corrected chi connectivity index (χ3v) is 5.34. The molecule has 0 spiro atoms. The van der Waals surface area contributed by atoms with Crippen LogP contribution < -0.4 is 9.46 Å². The first-order valence-corrected chi connectivity index (χ1v) is 8.24. The van der Waals surface area contributed by atoms with Crippen molar-refractivity contribution in [1.82, 2.24) is 0 Å². The van der Waals surface area contributed by atoms with Gasteiger partial charge in [0.15, 0.2) is 11.6 Å². The number of aryl methyl sites for hydroxylation is 1. The van der Waals surface area contributed by atoms with Crippen LogP contribution in [0.1, 0.15) is 11.8 Å². The monoisotopic (exact) mass is 315 g/mol. The van der Waals surface area contributed by atoms with E-state index >= 15 is 0 Å². The Kier molecular flexibility index (Phi) is 4.29. The number of rotatable bonds is 5. The first kappa shape index (κ1) is 14.8. The van der Waals surface area contributed by atoms with Gasteiger partial charge in [0, 0.05) is 10.9 Å². The van der Waals surface area contributed by atoms with Crippen LogP contribution in [0.2, 0.25) is 0 Å². The van der Waals surface area contributed by atoms with E-state index in [2.05, 4.69) is 4.72 Å². The van der Waals surface area contributed by atoms with E-state index in [-0.39, 0.29) is 15.6 Å². The molecule has 1 aromatic carbocycles. The lowest BCUT2D eigenvalue weighted by molar-refractivity contribution is 0.321. The highest BCUT2D eigenvalue weighted by molar-refractivity contribution is 7.94. The summed E-state index contributed by atoms with van der Waals surface area (Å²) in [5.74, 6) is -0.503. The number of ether oxygens (including phenoxy) is 1. The van der Waals surface area contributed by atoms with Crippen molar-refractivity contribution in [3.05, 3.63) is 41.0 Å². The number of thiophene rings is 1. The van der Waals surface area contributed by atoms with Crippen LogP contribution in [-0.2, 0) is 10.0 Å². The van der Waals surface area contributed by atoms with E-state index in [4.69, 9.17) is 4.74 Å². The molecular weight excluding hydrogens is 301 g/mol.